The number of hydrogen-bond acceptors (Lipinski definition) is 7. The Labute approximate surface area is 117 Å². The molecule has 0 bridgehead atoms. The van der Waals surface area contributed by atoms with Gasteiger partial charge in [-0.2, -0.15) is 5.10 Å². The molecule has 0 fully saturated rings. The van der Waals surface area contributed by atoms with E-state index in [2.05, 4.69) is 20.5 Å². The summed E-state index contributed by atoms with van der Waals surface area (Å²) in [5.41, 5.74) is 0.592. The van der Waals surface area contributed by atoms with Crippen LogP contribution < -0.4 is 5.32 Å². The second-order valence-electron chi connectivity index (χ2n) is 4.27. The Balaban J connectivity index is 1.96. The summed E-state index contributed by atoms with van der Waals surface area (Å²) >= 11 is 0. The molecule has 0 saturated heterocycles. The first-order valence-electron chi connectivity index (χ1n) is 6.45. The quantitative estimate of drug-likeness (QED) is 0.787. The first kappa shape index (κ1) is 14.4. The fraction of sp³-hybridized carbons (Fsp3) is 0.462. The van der Waals surface area contributed by atoms with E-state index in [9.17, 15) is 5.11 Å². The molecule has 0 aliphatic carbocycles. The summed E-state index contributed by atoms with van der Waals surface area (Å²) in [6, 6.07) is 3.68. The van der Waals surface area contributed by atoms with Crippen LogP contribution in [0.15, 0.2) is 22.7 Å². The third-order valence-electron chi connectivity index (χ3n) is 2.56. The summed E-state index contributed by atoms with van der Waals surface area (Å²) in [6.45, 7) is 4.88. The van der Waals surface area contributed by atoms with Crippen LogP contribution in [0.2, 0.25) is 0 Å². The zero-order valence-corrected chi connectivity index (χ0v) is 11.5. The smallest absolute Gasteiger partial charge is 0.243 e. The summed E-state index contributed by atoms with van der Waals surface area (Å²) in [7, 11) is 0. The van der Waals surface area contributed by atoms with Crippen molar-refractivity contribution < 1.29 is 14.3 Å². The van der Waals surface area contributed by atoms with Gasteiger partial charge in [0.05, 0.1) is 18.9 Å². The summed E-state index contributed by atoms with van der Waals surface area (Å²) in [5.74, 6) is 1.78. The molecule has 2 heterocycles. The highest BCUT2D eigenvalue weighted by Gasteiger charge is 2.09. The standard InChI is InChI=1S/C13H18N4O3/c1-3-19-8-10(18)6-14-13-16-11(7-15-17-13)12-5-4-9(2)20-12/h4-5,7,10,18H,3,6,8H2,1-2H3,(H,14,16,17). The second kappa shape index (κ2) is 6.97. The van der Waals surface area contributed by atoms with Gasteiger partial charge in [0.25, 0.3) is 0 Å². The number of aliphatic hydroxyl groups is 1. The van der Waals surface area contributed by atoms with Gasteiger partial charge in [-0.25, -0.2) is 4.98 Å². The lowest BCUT2D eigenvalue weighted by molar-refractivity contribution is 0.0495. The number of aryl methyl sites for hydroxylation is 1. The lowest BCUT2D eigenvalue weighted by Crippen LogP contribution is -2.25. The first-order valence-corrected chi connectivity index (χ1v) is 6.45. The molecule has 7 nitrogen and oxygen atoms in total. The van der Waals surface area contributed by atoms with E-state index in [1.165, 1.54) is 6.20 Å². The van der Waals surface area contributed by atoms with Crippen molar-refractivity contribution in [2.24, 2.45) is 0 Å². The van der Waals surface area contributed by atoms with Crippen molar-refractivity contribution in [2.75, 3.05) is 25.1 Å². The molecule has 7 heteroatoms. The number of nitrogens with one attached hydrogen (secondary N) is 1. The van der Waals surface area contributed by atoms with Crippen LogP contribution in [0.1, 0.15) is 12.7 Å². The average Bonchev–Trinajstić information content (AvgIpc) is 2.90. The van der Waals surface area contributed by atoms with Gasteiger partial charge in [-0.3, -0.25) is 0 Å². The number of rotatable bonds is 7. The van der Waals surface area contributed by atoms with Crippen LogP contribution in [0.25, 0.3) is 11.5 Å². The molecule has 20 heavy (non-hydrogen) atoms. The van der Waals surface area contributed by atoms with Gasteiger partial charge in [0.2, 0.25) is 5.95 Å². The van der Waals surface area contributed by atoms with Gasteiger partial charge in [-0.1, -0.05) is 0 Å². The van der Waals surface area contributed by atoms with Crippen molar-refractivity contribution >= 4 is 5.95 Å². The average molecular weight is 278 g/mol. The van der Waals surface area contributed by atoms with E-state index in [0.29, 0.717) is 30.6 Å². The molecular weight excluding hydrogens is 260 g/mol. The Morgan fingerprint density at radius 1 is 1.45 bits per heavy atom. The largest absolute Gasteiger partial charge is 0.460 e. The highest BCUT2D eigenvalue weighted by molar-refractivity contribution is 5.52. The number of nitrogens with zero attached hydrogens (tertiary/aromatic N) is 3. The summed E-state index contributed by atoms with van der Waals surface area (Å²) in [6.07, 6.45) is 0.910. The van der Waals surface area contributed by atoms with Crippen LogP contribution >= 0.6 is 0 Å². The normalized spacial score (nSPS) is 12.3. The van der Waals surface area contributed by atoms with Crippen molar-refractivity contribution in [1.29, 1.82) is 0 Å². The third-order valence-corrected chi connectivity index (χ3v) is 2.56. The van der Waals surface area contributed by atoms with Gasteiger partial charge in [-0.05, 0) is 26.0 Å². The molecule has 2 aromatic rings. The number of ether oxygens (including phenoxy) is 1. The monoisotopic (exact) mass is 278 g/mol. The summed E-state index contributed by atoms with van der Waals surface area (Å²) in [5, 5.41) is 20.3. The van der Waals surface area contributed by atoms with Crippen molar-refractivity contribution in [3.8, 4) is 11.5 Å². The van der Waals surface area contributed by atoms with E-state index >= 15 is 0 Å². The number of anilines is 1. The van der Waals surface area contributed by atoms with Crippen molar-refractivity contribution in [1.82, 2.24) is 15.2 Å². The van der Waals surface area contributed by atoms with E-state index in [1.807, 2.05) is 26.0 Å². The minimum absolute atomic E-state index is 0.272. The Bertz CT molecular complexity index is 544. The molecule has 2 rings (SSSR count). The van der Waals surface area contributed by atoms with E-state index in [-0.39, 0.29) is 6.61 Å². The fourth-order valence-electron chi connectivity index (χ4n) is 1.59. The third kappa shape index (κ3) is 4.01. The highest BCUT2D eigenvalue weighted by Crippen LogP contribution is 2.19. The molecule has 0 radical (unpaired) electrons. The molecule has 108 valence electrons. The van der Waals surface area contributed by atoms with Crippen LogP contribution in [-0.2, 0) is 4.74 Å². The zero-order chi connectivity index (χ0) is 14.4. The van der Waals surface area contributed by atoms with Gasteiger partial charge < -0.3 is 19.6 Å². The predicted molar refractivity (Wildman–Crippen MR) is 73.3 cm³/mol. The Kier molecular flexibility index (Phi) is 5.03. The predicted octanol–water partition coefficient (Wildman–Crippen LogP) is 1.25. The van der Waals surface area contributed by atoms with Gasteiger partial charge in [0.1, 0.15) is 11.5 Å². The lowest BCUT2D eigenvalue weighted by Gasteiger charge is -2.11. The molecule has 0 aromatic carbocycles. The Morgan fingerprint density at radius 2 is 2.30 bits per heavy atom. The van der Waals surface area contributed by atoms with Crippen LogP contribution in [0.3, 0.4) is 0 Å². The van der Waals surface area contributed by atoms with Crippen molar-refractivity contribution in [2.45, 2.75) is 20.0 Å². The summed E-state index contributed by atoms with van der Waals surface area (Å²) in [4.78, 5) is 4.28. The van der Waals surface area contributed by atoms with Crippen LogP contribution in [-0.4, -0.2) is 46.2 Å². The van der Waals surface area contributed by atoms with Gasteiger partial charge >= 0.3 is 0 Å². The minimum atomic E-state index is -0.618. The summed E-state index contributed by atoms with van der Waals surface area (Å²) < 4.78 is 10.6. The van der Waals surface area contributed by atoms with Gasteiger partial charge in [0, 0.05) is 13.2 Å². The molecular formula is C13H18N4O3. The number of hydrogen-bond donors (Lipinski definition) is 2. The SMILES string of the molecule is CCOCC(O)CNc1nncc(-c2ccc(C)o2)n1. The fourth-order valence-corrected chi connectivity index (χ4v) is 1.59. The number of furan rings is 1. The van der Waals surface area contributed by atoms with Crippen molar-refractivity contribution in [3.63, 3.8) is 0 Å². The number of aromatic nitrogens is 3. The molecule has 0 aliphatic heterocycles. The van der Waals surface area contributed by atoms with E-state index in [1.54, 1.807) is 0 Å². The maximum absolute atomic E-state index is 9.65. The molecule has 1 unspecified atom stereocenters. The Hall–Kier alpha value is -1.99. The van der Waals surface area contributed by atoms with Crippen LogP contribution in [0.4, 0.5) is 5.95 Å². The van der Waals surface area contributed by atoms with E-state index in [4.69, 9.17) is 9.15 Å². The van der Waals surface area contributed by atoms with Crippen molar-refractivity contribution in [3.05, 3.63) is 24.1 Å². The molecule has 0 amide bonds. The molecule has 0 aliphatic rings. The maximum atomic E-state index is 9.65. The lowest BCUT2D eigenvalue weighted by atomic mass is 10.3. The topological polar surface area (TPSA) is 93.3 Å². The molecule has 0 spiro atoms. The van der Waals surface area contributed by atoms with Gasteiger partial charge in [-0.15, -0.1) is 5.10 Å². The number of aliphatic hydroxyl groups excluding tert-OH is 1. The maximum Gasteiger partial charge on any atom is 0.243 e. The molecule has 0 saturated carbocycles. The first-order chi connectivity index (χ1) is 9.69. The Morgan fingerprint density at radius 3 is 3.00 bits per heavy atom. The van der Waals surface area contributed by atoms with E-state index in [0.717, 1.165) is 5.76 Å². The minimum Gasteiger partial charge on any atom is -0.460 e. The zero-order valence-electron chi connectivity index (χ0n) is 11.5. The van der Waals surface area contributed by atoms with Gasteiger partial charge in [0.15, 0.2) is 5.76 Å². The van der Waals surface area contributed by atoms with Crippen LogP contribution in [0, 0.1) is 6.92 Å². The van der Waals surface area contributed by atoms with Crippen LogP contribution in [0.5, 0.6) is 0 Å². The highest BCUT2D eigenvalue weighted by atomic mass is 16.5. The van der Waals surface area contributed by atoms with E-state index < -0.39 is 6.10 Å². The molecule has 2 N–H and O–H groups in total. The second-order valence-corrected chi connectivity index (χ2v) is 4.27. The molecule has 1 atom stereocenters. The molecule has 2 aromatic heterocycles.